The topological polar surface area (TPSA) is 98.5 Å². The van der Waals surface area contributed by atoms with Crippen LogP contribution in [0.15, 0.2) is 0 Å². The Balaban J connectivity index is 2.48. The summed E-state index contributed by atoms with van der Waals surface area (Å²) in [6.45, 7) is 1.48. The van der Waals surface area contributed by atoms with Gasteiger partial charge in [-0.05, 0) is 37.3 Å². The van der Waals surface area contributed by atoms with Crippen LogP contribution >= 0.6 is 11.6 Å². The molecule has 21 heavy (non-hydrogen) atoms. The molecular formula is C12H15ClN4O4. The number of methoxy groups -OCH3 is 1. The molecule has 0 aliphatic heterocycles. The standard InChI is InChI=1S/C12H15ClN4O4/c1-6-8(17(19)20)10(15-12(13)14-6)16(2)9(7-4-5-7)11(18)21-3/h7,9H,4-5H2,1-3H3. The van der Waals surface area contributed by atoms with Crippen LogP contribution in [0.4, 0.5) is 11.5 Å². The second kappa shape index (κ2) is 5.80. The number of hydrogen-bond acceptors (Lipinski definition) is 7. The number of likely N-dealkylation sites (N-methyl/N-ethyl adjacent to an activating group) is 1. The zero-order valence-corrected chi connectivity index (χ0v) is 12.6. The molecule has 0 N–H and O–H groups in total. The quantitative estimate of drug-likeness (QED) is 0.353. The predicted octanol–water partition coefficient (Wildman–Crippen LogP) is 1.73. The second-order valence-electron chi connectivity index (χ2n) is 4.92. The fourth-order valence-corrected chi connectivity index (χ4v) is 2.52. The Hall–Kier alpha value is -1.96. The van der Waals surface area contributed by atoms with E-state index in [0.29, 0.717) is 0 Å². The number of esters is 1. The molecule has 114 valence electrons. The van der Waals surface area contributed by atoms with Gasteiger partial charge < -0.3 is 9.64 Å². The third kappa shape index (κ3) is 3.05. The number of carbonyl (C=O) groups excluding carboxylic acids is 1. The first-order valence-corrected chi connectivity index (χ1v) is 6.73. The molecule has 0 bridgehead atoms. The van der Waals surface area contributed by atoms with Crippen LogP contribution in [0.3, 0.4) is 0 Å². The van der Waals surface area contributed by atoms with Gasteiger partial charge in [0.15, 0.2) is 0 Å². The summed E-state index contributed by atoms with van der Waals surface area (Å²) in [4.78, 5) is 31.8. The number of rotatable bonds is 5. The highest BCUT2D eigenvalue weighted by molar-refractivity contribution is 6.28. The Morgan fingerprint density at radius 3 is 2.62 bits per heavy atom. The number of halogens is 1. The van der Waals surface area contributed by atoms with Gasteiger partial charge in [-0.1, -0.05) is 0 Å². The highest BCUT2D eigenvalue weighted by Gasteiger charge is 2.42. The molecule has 1 aromatic heterocycles. The lowest BCUT2D eigenvalue weighted by Crippen LogP contribution is -2.42. The maximum Gasteiger partial charge on any atom is 0.332 e. The molecule has 1 saturated carbocycles. The molecule has 1 atom stereocenters. The summed E-state index contributed by atoms with van der Waals surface area (Å²) in [5, 5.41) is 11.1. The molecular weight excluding hydrogens is 300 g/mol. The number of aryl methyl sites for hydroxylation is 1. The number of aromatic nitrogens is 2. The van der Waals surface area contributed by atoms with Gasteiger partial charge in [0, 0.05) is 7.05 Å². The van der Waals surface area contributed by atoms with Gasteiger partial charge >= 0.3 is 11.7 Å². The molecule has 0 spiro atoms. The monoisotopic (exact) mass is 314 g/mol. The third-order valence-corrected chi connectivity index (χ3v) is 3.63. The van der Waals surface area contributed by atoms with Crippen LogP contribution in [0.1, 0.15) is 18.5 Å². The highest BCUT2D eigenvalue weighted by Crippen LogP contribution is 2.39. The Bertz CT molecular complexity index is 591. The highest BCUT2D eigenvalue weighted by atomic mass is 35.5. The van der Waals surface area contributed by atoms with Gasteiger partial charge in [-0.15, -0.1) is 0 Å². The van der Waals surface area contributed by atoms with Crippen LogP contribution in [-0.4, -0.2) is 41.1 Å². The minimum Gasteiger partial charge on any atom is -0.467 e. The third-order valence-electron chi connectivity index (χ3n) is 3.46. The van der Waals surface area contributed by atoms with Crippen molar-refractivity contribution >= 4 is 29.1 Å². The van der Waals surface area contributed by atoms with E-state index in [-0.39, 0.29) is 28.4 Å². The second-order valence-corrected chi connectivity index (χ2v) is 5.26. The zero-order chi connectivity index (χ0) is 15.7. The largest absolute Gasteiger partial charge is 0.467 e. The number of nitrogens with zero attached hydrogens (tertiary/aromatic N) is 4. The van der Waals surface area contributed by atoms with Crippen LogP contribution in [-0.2, 0) is 9.53 Å². The molecule has 1 aliphatic rings. The first-order valence-electron chi connectivity index (χ1n) is 6.36. The maximum atomic E-state index is 11.9. The maximum absolute atomic E-state index is 11.9. The Morgan fingerprint density at radius 1 is 1.52 bits per heavy atom. The Morgan fingerprint density at radius 2 is 2.14 bits per heavy atom. The van der Waals surface area contributed by atoms with Crippen molar-refractivity contribution < 1.29 is 14.5 Å². The van der Waals surface area contributed by atoms with E-state index in [2.05, 4.69) is 9.97 Å². The Labute approximate surface area is 126 Å². The van der Waals surface area contributed by atoms with Crippen molar-refractivity contribution in [2.45, 2.75) is 25.8 Å². The molecule has 1 aromatic rings. The lowest BCUT2D eigenvalue weighted by molar-refractivity contribution is -0.385. The van der Waals surface area contributed by atoms with Gasteiger partial charge in [0.2, 0.25) is 11.1 Å². The molecule has 1 aliphatic carbocycles. The number of nitro groups is 1. The molecule has 9 heteroatoms. The smallest absolute Gasteiger partial charge is 0.332 e. The SMILES string of the molecule is COC(=O)C(C1CC1)N(C)c1nc(Cl)nc(C)c1[N+](=O)[O-]. The van der Waals surface area contributed by atoms with Gasteiger partial charge in [-0.25, -0.2) is 9.78 Å². The average molecular weight is 315 g/mol. The summed E-state index contributed by atoms with van der Waals surface area (Å²) >= 11 is 5.80. The van der Waals surface area contributed by atoms with Gasteiger partial charge in [0.1, 0.15) is 11.7 Å². The van der Waals surface area contributed by atoms with Crippen LogP contribution in [0.5, 0.6) is 0 Å². The molecule has 0 amide bonds. The number of hydrogen-bond donors (Lipinski definition) is 0. The van der Waals surface area contributed by atoms with E-state index in [9.17, 15) is 14.9 Å². The van der Waals surface area contributed by atoms with E-state index in [1.807, 2.05) is 0 Å². The van der Waals surface area contributed by atoms with Crippen LogP contribution < -0.4 is 4.90 Å². The van der Waals surface area contributed by atoms with Crippen molar-refractivity contribution in [3.63, 3.8) is 0 Å². The van der Waals surface area contributed by atoms with Crippen molar-refractivity contribution in [2.75, 3.05) is 19.1 Å². The molecule has 0 saturated heterocycles. The molecule has 1 unspecified atom stereocenters. The van der Waals surface area contributed by atoms with Crippen molar-refractivity contribution in [1.82, 2.24) is 9.97 Å². The normalized spacial score (nSPS) is 15.4. The van der Waals surface area contributed by atoms with E-state index >= 15 is 0 Å². The number of carbonyl (C=O) groups is 1. The lowest BCUT2D eigenvalue weighted by Gasteiger charge is -2.26. The lowest BCUT2D eigenvalue weighted by atomic mass is 10.1. The van der Waals surface area contributed by atoms with Gasteiger partial charge in [0.05, 0.1) is 12.0 Å². The Kier molecular flexibility index (Phi) is 4.26. The molecule has 0 aromatic carbocycles. The molecule has 1 heterocycles. The molecule has 1 fully saturated rings. The summed E-state index contributed by atoms with van der Waals surface area (Å²) < 4.78 is 4.79. The van der Waals surface area contributed by atoms with Crippen LogP contribution in [0.25, 0.3) is 0 Å². The molecule has 8 nitrogen and oxygen atoms in total. The summed E-state index contributed by atoms with van der Waals surface area (Å²) in [5.41, 5.74) is -0.0993. The van der Waals surface area contributed by atoms with Crippen molar-refractivity contribution in [2.24, 2.45) is 5.92 Å². The van der Waals surface area contributed by atoms with E-state index in [0.717, 1.165) is 12.8 Å². The van der Waals surface area contributed by atoms with E-state index in [4.69, 9.17) is 16.3 Å². The van der Waals surface area contributed by atoms with E-state index < -0.39 is 16.9 Å². The first kappa shape index (κ1) is 15.4. The summed E-state index contributed by atoms with van der Waals surface area (Å²) in [5.74, 6) is -0.308. The van der Waals surface area contributed by atoms with Crippen molar-refractivity contribution in [1.29, 1.82) is 0 Å². The fraction of sp³-hybridized carbons (Fsp3) is 0.583. The molecule has 0 radical (unpaired) electrons. The fourth-order valence-electron chi connectivity index (χ4n) is 2.31. The minimum atomic E-state index is -0.612. The zero-order valence-electron chi connectivity index (χ0n) is 11.9. The van der Waals surface area contributed by atoms with Gasteiger partial charge in [-0.3, -0.25) is 10.1 Å². The van der Waals surface area contributed by atoms with E-state index in [1.165, 1.54) is 18.9 Å². The van der Waals surface area contributed by atoms with E-state index in [1.54, 1.807) is 7.05 Å². The average Bonchev–Trinajstić information content (AvgIpc) is 3.21. The summed E-state index contributed by atoms with van der Waals surface area (Å²) in [6.07, 6.45) is 1.74. The summed E-state index contributed by atoms with van der Waals surface area (Å²) in [7, 11) is 2.86. The van der Waals surface area contributed by atoms with Crippen molar-refractivity contribution in [3.8, 4) is 0 Å². The predicted molar refractivity (Wildman–Crippen MR) is 75.4 cm³/mol. The minimum absolute atomic E-state index is 0.0276. The van der Waals surface area contributed by atoms with Gasteiger partial charge in [-0.2, -0.15) is 4.98 Å². The number of anilines is 1. The summed E-state index contributed by atoms with van der Waals surface area (Å²) in [6, 6.07) is -0.612. The van der Waals surface area contributed by atoms with Crippen LogP contribution in [0.2, 0.25) is 5.28 Å². The number of ether oxygens (including phenoxy) is 1. The molecule has 2 rings (SSSR count). The van der Waals surface area contributed by atoms with Crippen LogP contribution in [0, 0.1) is 23.0 Å². The first-order chi connectivity index (χ1) is 9.86. The van der Waals surface area contributed by atoms with Crippen molar-refractivity contribution in [3.05, 3.63) is 21.1 Å². The van der Waals surface area contributed by atoms with Gasteiger partial charge in [0.25, 0.3) is 0 Å².